The molecule has 0 aliphatic carbocycles. The standard InChI is InChI=1S/C28H24N6OS/c1-20-4-10-25(11-5-20)34-26(24-3-2-14-30-18-24)32-33-28(34)36-19-22-6-8-23(9-7-22)27(35)31-17-21-12-15-29-16-13-21/h2-16,18H,17,19H2,1H3,(H,31,35). The van der Waals surface area contributed by atoms with Crippen LogP contribution in [-0.4, -0.2) is 30.6 Å². The maximum Gasteiger partial charge on any atom is 0.251 e. The molecule has 3 heterocycles. The molecule has 0 saturated heterocycles. The second-order valence-corrected chi connectivity index (χ2v) is 9.19. The van der Waals surface area contributed by atoms with Crippen LogP contribution in [0.4, 0.5) is 0 Å². The molecule has 0 spiro atoms. The van der Waals surface area contributed by atoms with Crippen LogP contribution in [0.15, 0.2) is 103 Å². The second kappa shape index (κ2) is 11.0. The lowest BCUT2D eigenvalue weighted by Crippen LogP contribution is -2.22. The minimum Gasteiger partial charge on any atom is -0.348 e. The molecule has 178 valence electrons. The van der Waals surface area contributed by atoms with Crippen molar-refractivity contribution in [2.24, 2.45) is 0 Å². The highest BCUT2D eigenvalue weighted by molar-refractivity contribution is 7.98. The number of aromatic nitrogens is 5. The van der Waals surface area contributed by atoms with Crippen molar-refractivity contribution < 1.29 is 4.79 Å². The van der Waals surface area contributed by atoms with Crippen LogP contribution in [0, 0.1) is 6.92 Å². The van der Waals surface area contributed by atoms with E-state index in [2.05, 4.69) is 61.2 Å². The molecule has 5 rings (SSSR count). The van der Waals surface area contributed by atoms with Crippen LogP contribution in [0.25, 0.3) is 17.1 Å². The normalized spacial score (nSPS) is 10.8. The lowest BCUT2D eigenvalue weighted by Gasteiger charge is -2.11. The lowest BCUT2D eigenvalue weighted by molar-refractivity contribution is 0.0951. The molecule has 0 saturated carbocycles. The summed E-state index contributed by atoms with van der Waals surface area (Å²) in [6, 6.07) is 23.6. The third kappa shape index (κ3) is 5.50. The highest BCUT2D eigenvalue weighted by atomic mass is 32.2. The van der Waals surface area contributed by atoms with Crippen LogP contribution in [0.5, 0.6) is 0 Å². The summed E-state index contributed by atoms with van der Waals surface area (Å²) in [6.45, 7) is 2.53. The smallest absolute Gasteiger partial charge is 0.251 e. The Morgan fingerprint density at radius 2 is 1.64 bits per heavy atom. The number of nitrogens with one attached hydrogen (secondary N) is 1. The van der Waals surface area contributed by atoms with Gasteiger partial charge in [0, 0.05) is 53.9 Å². The average Bonchev–Trinajstić information content (AvgIpc) is 3.36. The van der Waals surface area contributed by atoms with E-state index in [0.29, 0.717) is 17.9 Å². The largest absolute Gasteiger partial charge is 0.348 e. The molecule has 8 heteroatoms. The Morgan fingerprint density at radius 1 is 0.861 bits per heavy atom. The Balaban J connectivity index is 1.30. The number of carbonyl (C=O) groups excluding carboxylic acids is 1. The van der Waals surface area contributed by atoms with E-state index in [1.807, 2.05) is 48.5 Å². The molecular weight excluding hydrogens is 468 g/mol. The lowest BCUT2D eigenvalue weighted by atomic mass is 10.1. The number of benzene rings is 2. The molecule has 36 heavy (non-hydrogen) atoms. The molecule has 0 radical (unpaired) electrons. The quantitative estimate of drug-likeness (QED) is 0.298. The maximum absolute atomic E-state index is 12.5. The molecule has 0 unspecified atom stereocenters. The van der Waals surface area contributed by atoms with E-state index in [1.54, 1.807) is 36.5 Å². The van der Waals surface area contributed by atoms with Gasteiger partial charge in [-0.1, -0.05) is 41.6 Å². The van der Waals surface area contributed by atoms with Gasteiger partial charge in [0.2, 0.25) is 0 Å². The van der Waals surface area contributed by atoms with Crippen LogP contribution in [0.3, 0.4) is 0 Å². The topological polar surface area (TPSA) is 85.6 Å². The van der Waals surface area contributed by atoms with Gasteiger partial charge in [0.15, 0.2) is 11.0 Å². The summed E-state index contributed by atoms with van der Waals surface area (Å²) in [6.07, 6.45) is 6.97. The van der Waals surface area contributed by atoms with E-state index in [9.17, 15) is 4.79 Å². The van der Waals surface area contributed by atoms with Gasteiger partial charge in [-0.25, -0.2) is 0 Å². The summed E-state index contributed by atoms with van der Waals surface area (Å²) in [5, 5.41) is 12.7. The molecule has 0 aliphatic heterocycles. The average molecular weight is 493 g/mol. The van der Waals surface area contributed by atoms with Gasteiger partial charge in [0.05, 0.1) is 0 Å². The predicted molar refractivity (Wildman–Crippen MR) is 141 cm³/mol. The van der Waals surface area contributed by atoms with Crippen LogP contribution in [-0.2, 0) is 12.3 Å². The number of amides is 1. The molecule has 7 nitrogen and oxygen atoms in total. The Morgan fingerprint density at radius 3 is 2.36 bits per heavy atom. The summed E-state index contributed by atoms with van der Waals surface area (Å²) in [5.41, 5.74) is 5.81. The highest BCUT2D eigenvalue weighted by Crippen LogP contribution is 2.29. The fourth-order valence-corrected chi connectivity index (χ4v) is 4.57. The Kier molecular flexibility index (Phi) is 7.14. The van der Waals surface area contributed by atoms with Crippen LogP contribution in [0.1, 0.15) is 27.0 Å². The van der Waals surface area contributed by atoms with Crippen molar-refractivity contribution in [2.75, 3.05) is 0 Å². The minimum absolute atomic E-state index is 0.105. The van der Waals surface area contributed by atoms with Gasteiger partial charge in [-0.2, -0.15) is 0 Å². The zero-order chi connectivity index (χ0) is 24.7. The van der Waals surface area contributed by atoms with Crippen LogP contribution in [0.2, 0.25) is 0 Å². The Labute approximate surface area is 213 Å². The molecule has 1 N–H and O–H groups in total. The van der Waals surface area contributed by atoms with E-state index in [4.69, 9.17) is 0 Å². The first-order valence-corrected chi connectivity index (χ1v) is 12.5. The van der Waals surface area contributed by atoms with Crippen molar-refractivity contribution in [3.05, 3.63) is 120 Å². The van der Waals surface area contributed by atoms with Gasteiger partial charge >= 0.3 is 0 Å². The second-order valence-electron chi connectivity index (χ2n) is 8.24. The molecule has 0 aliphatic rings. The van der Waals surface area contributed by atoms with Gasteiger partial charge in [-0.05, 0) is 66.6 Å². The van der Waals surface area contributed by atoms with Gasteiger partial charge in [0.1, 0.15) is 0 Å². The Bertz CT molecular complexity index is 1440. The third-order valence-electron chi connectivity index (χ3n) is 5.63. The summed E-state index contributed by atoms with van der Waals surface area (Å²) < 4.78 is 2.06. The molecule has 3 aromatic heterocycles. The maximum atomic E-state index is 12.5. The van der Waals surface area contributed by atoms with Gasteiger partial charge in [-0.3, -0.25) is 19.3 Å². The van der Waals surface area contributed by atoms with Crippen LogP contribution >= 0.6 is 11.8 Å². The van der Waals surface area contributed by atoms with Crippen molar-refractivity contribution in [3.63, 3.8) is 0 Å². The number of pyridine rings is 2. The number of hydrogen-bond acceptors (Lipinski definition) is 6. The number of nitrogens with zero attached hydrogens (tertiary/aromatic N) is 5. The van der Waals surface area contributed by atoms with Crippen molar-refractivity contribution in [1.82, 2.24) is 30.0 Å². The fourth-order valence-electron chi connectivity index (χ4n) is 3.66. The first kappa shape index (κ1) is 23.4. The van der Waals surface area contributed by atoms with E-state index < -0.39 is 0 Å². The van der Waals surface area contributed by atoms with E-state index >= 15 is 0 Å². The molecule has 1 amide bonds. The number of thioether (sulfide) groups is 1. The summed E-state index contributed by atoms with van der Waals surface area (Å²) >= 11 is 1.60. The van der Waals surface area contributed by atoms with E-state index in [0.717, 1.165) is 33.4 Å². The van der Waals surface area contributed by atoms with Crippen molar-refractivity contribution in [2.45, 2.75) is 24.4 Å². The molecule has 0 bridgehead atoms. The molecule has 2 aromatic carbocycles. The Hall–Kier alpha value is -4.30. The zero-order valence-corrected chi connectivity index (χ0v) is 20.5. The number of rotatable bonds is 8. The molecule has 0 atom stereocenters. The molecular formula is C28H24N6OS. The molecule has 5 aromatic rings. The predicted octanol–water partition coefficient (Wildman–Crippen LogP) is 5.26. The van der Waals surface area contributed by atoms with Crippen molar-refractivity contribution in [1.29, 1.82) is 0 Å². The first-order chi connectivity index (χ1) is 17.7. The van der Waals surface area contributed by atoms with Gasteiger partial charge in [0.25, 0.3) is 5.91 Å². The highest BCUT2D eigenvalue weighted by Gasteiger charge is 2.16. The van der Waals surface area contributed by atoms with Gasteiger partial charge < -0.3 is 5.32 Å². The molecule has 0 fully saturated rings. The number of hydrogen-bond donors (Lipinski definition) is 1. The van der Waals surface area contributed by atoms with Crippen LogP contribution < -0.4 is 5.32 Å². The van der Waals surface area contributed by atoms with Gasteiger partial charge in [-0.15, -0.1) is 10.2 Å². The number of aryl methyl sites for hydroxylation is 1. The zero-order valence-electron chi connectivity index (χ0n) is 19.7. The van der Waals surface area contributed by atoms with E-state index in [1.165, 1.54) is 5.56 Å². The van der Waals surface area contributed by atoms with Crippen molar-refractivity contribution in [3.8, 4) is 17.1 Å². The first-order valence-electron chi connectivity index (χ1n) is 11.5. The van der Waals surface area contributed by atoms with Crippen molar-refractivity contribution >= 4 is 17.7 Å². The summed E-state index contributed by atoms with van der Waals surface area (Å²) in [5.74, 6) is 1.33. The SMILES string of the molecule is Cc1ccc(-n2c(SCc3ccc(C(=O)NCc4ccncc4)cc3)nnc2-c2cccnc2)cc1. The fraction of sp³-hybridized carbons (Fsp3) is 0.107. The number of carbonyl (C=O) groups is 1. The monoisotopic (exact) mass is 492 g/mol. The summed E-state index contributed by atoms with van der Waals surface area (Å²) in [4.78, 5) is 20.8. The minimum atomic E-state index is -0.105. The van der Waals surface area contributed by atoms with E-state index in [-0.39, 0.29) is 5.91 Å². The summed E-state index contributed by atoms with van der Waals surface area (Å²) in [7, 11) is 0. The third-order valence-corrected chi connectivity index (χ3v) is 6.63.